The van der Waals surface area contributed by atoms with E-state index >= 15 is 0 Å². The standard InChI is InChI=1S/C26H23ClN6OS/c1-16-7-3-6-10-21(16)30-24(34)22-17(2)29-25-31-26(35-15-19-8-4-5-9-20(19)27)32-33(25)23(22)18-11-13-28-14-12-18/h3-14,23H,15H2,1-2H3,(H,30,34)(H,29,31,32)/t23-/m1/s1. The molecule has 7 nitrogen and oxygen atoms in total. The zero-order chi connectivity index (χ0) is 24.4. The van der Waals surface area contributed by atoms with Crippen molar-refractivity contribution in [2.45, 2.75) is 30.8 Å². The second-order valence-electron chi connectivity index (χ2n) is 8.16. The van der Waals surface area contributed by atoms with Crippen molar-refractivity contribution < 1.29 is 4.79 Å². The summed E-state index contributed by atoms with van der Waals surface area (Å²) in [5.74, 6) is 1.02. The first-order chi connectivity index (χ1) is 17.0. The van der Waals surface area contributed by atoms with Gasteiger partial charge < -0.3 is 10.6 Å². The maximum Gasteiger partial charge on any atom is 0.255 e. The van der Waals surface area contributed by atoms with E-state index in [4.69, 9.17) is 21.7 Å². The Morgan fingerprint density at radius 3 is 2.60 bits per heavy atom. The molecule has 9 heteroatoms. The van der Waals surface area contributed by atoms with Crippen molar-refractivity contribution in [2.75, 3.05) is 10.6 Å². The van der Waals surface area contributed by atoms with Gasteiger partial charge in [0.25, 0.3) is 5.91 Å². The van der Waals surface area contributed by atoms with Gasteiger partial charge in [-0.2, -0.15) is 4.98 Å². The average molecular weight is 503 g/mol. The molecule has 1 atom stereocenters. The highest BCUT2D eigenvalue weighted by Crippen LogP contribution is 2.37. The Hall–Kier alpha value is -3.62. The molecule has 5 rings (SSSR count). The Balaban J connectivity index is 1.49. The minimum absolute atomic E-state index is 0.197. The van der Waals surface area contributed by atoms with Crippen LogP contribution >= 0.6 is 23.4 Å². The van der Waals surface area contributed by atoms with Crippen LogP contribution in [0.1, 0.15) is 29.7 Å². The number of allylic oxidation sites excluding steroid dienone is 1. The fraction of sp³-hybridized carbons (Fsp3) is 0.154. The van der Waals surface area contributed by atoms with Crippen LogP contribution in [0.4, 0.5) is 11.6 Å². The minimum atomic E-state index is -0.458. The van der Waals surface area contributed by atoms with E-state index in [-0.39, 0.29) is 5.91 Å². The maximum atomic E-state index is 13.6. The predicted molar refractivity (Wildman–Crippen MR) is 140 cm³/mol. The van der Waals surface area contributed by atoms with Crippen LogP contribution in [0.5, 0.6) is 0 Å². The van der Waals surface area contributed by atoms with Crippen molar-refractivity contribution in [3.05, 3.63) is 106 Å². The number of anilines is 2. The summed E-state index contributed by atoms with van der Waals surface area (Å²) in [6, 6.07) is 18.8. The Labute approximate surface area is 212 Å². The molecule has 35 heavy (non-hydrogen) atoms. The number of nitrogens with zero attached hydrogens (tertiary/aromatic N) is 4. The quantitative estimate of drug-likeness (QED) is 0.321. The fourth-order valence-electron chi connectivity index (χ4n) is 4.00. The molecule has 3 heterocycles. The highest BCUT2D eigenvalue weighted by Gasteiger charge is 2.34. The first kappa shape index (κ1) is 23.1. The van der Waals surface area contributed by atoms with E-state index in [0.717, 1.165) is 28.1 Å². The Kier molecular flexibility index (Phi) is 6.57. The number of hydrogen-bond donors (Lipinski definition) is 2. The number of halogens is 1. The SMILES string of the molecule is CC1=C(C(=O)Nc2ccccc2C)[C@@H](c2ccncc2)n2nc(SCc3ccccc3Cl)nc2N1. The number of amides is 1. The van der Waals surface area contributed by atoms with Gasteiger partial charge in [-0.25, -0.2) is 4.68 Å². The topological polar surface area (TPSA) is 84.7 Å². The third-order valence-corrected chi connectivity index (χ3v) is 7.06. The minimum Gasteiger partial charge on any atom is -0.328 e. The molecule has 176 valence electrons. The van der Waals surface area contributed by atoms with Gasteiger partial charge in [-0.3, -0.25) is 9.78 Å². The molecule has 2 aromatic carbocycles. The molecule has 0 radical (unpaired) electrons. The van der Waals surface area contributed by atoms with Crippen LogP contribution in [0, 0.1) is 6.92 Å². The lowest BCUT2D eigenvalue weighted by Gasteiger charge is -2.28. The summed E-state index contributed by atoms with van der Waals surface area (Å²) in [4.78, 5) is 22.4. The summed E-state index contributed by atoms with van der Waals surface area (Å²) >= 11 is 7.81. The summed E-state index contributed by atoms with van der Waals surface area (Å²) in [5, 5.41) is 12.4. The van der Waals surface area contributed by atoms with Crippen molar-refractivity contribution in [1.29, 1.82) is 0 Å². The molecule has 1 amide bonds. The molecule has 0 fully saturated rings. The molecular formula is C26H23ClN6OS. The Morgan fingerprint density at radius 1 is 1.09 bits per heavy atom. The van der Waals surface area contributed by atoms with E-state index in [9.17, 15) is 4.79 Å². The lowest BCUT2D eigenvalue weighted by atomic mass is 9.95. The first-order valence-electron chi connectivity index (χ1n) is 11.1. The third kappa shape index (κ3) is 4.80. The number of para-hydroxylation sites is 1. The number of aryl methyl sites for hydroxylation is 1. The molecule has 0 saturated heterocycles. The average Bonchev–Trinajstić information content (AvgIpc) is 3.27. The fourth-order valence-corrected chi connectivity index (χ4v) is 5.12. The molecule has 2 N–H and O–H groups in total. The Morgan fingerprint density at radius 2 is 1.83 bits per heavy atom. The third-order valence-electron chi connectivity index (χ3n) is 5.81. The van der Waals surface area contributed by atoms with Crippen LogP contribution in [0.15, 0.2) is 89.5 Å². The number of pyridine rings is 1. The molecule has 0 spiro atoms. The van der Waals surface area contributed by atoms with Crippen LogP contribution in [-0.2, 0) is 10.5 Å². The van der Waals surface area contributed by atoms with Gasteiger partial charge in [-0.15, -0.1) is 5.10 Å². The molecule has 2 aromatic heterocycles. The monoisotopic (exact) mass is 502 g/mol. The summed E-state index contributed by atoms with van der Waals surface area (Å²) in [6.45, 7) is 3.85. The van der Waals surface area contributed by atoms with Crippen molar-refractivity contribution in [1.82, 2.24) is 19.7 Å². The zero-order valence-corrected chi connectivity index (χ0v) is 20.8. The number of rotatable bonds is 6. The lowest BCUT2D eigenvalue weighted by molar-refractivity contribution is -0.113. The number of nitrogens with one attached hydrogen (secondary N) is 2. The summed E-state index contributed by atoms with van der Waals surface area (Å²) in [7, 11) is 0. The summed E-state index contributed by atoms with van der Waals surface area (Å²) < 4.78 is 1.77. The number of thioether (sulfide) groups is 1. The predicted octanol–water partition coefficient (Wildman–Crippen LogP) is 5.85. The van der Waals surface area contributed by atoms with Crippen molar-refractivity contribution in [3.63, 3.8) is 0 Å². The van der Waals surface area contributed by atoms with E-state index in [1.807, 2.05) is 74.5 Å². The van der Waals surface area contributed by atoms with Gasteiger partial charge in [0.1, 0.15) is 6.04 Å². The smallest absolute Gasteiger partial charge is 0.255 e. The second kappa shape index (κ2) is 9.93. The lowest BCUT2D eigenvalue weighted by Crippen LogP contribution is -2.31. The molecule has 1 aliphatic heterocycles. The molecule has 4 aromatic rings. The van der Waals surface area contributed by atoms with Crippen LogP contribution in [0.2, 0.25) is 5.02 Å². The highest BCUT2D eigenvalue weighted by molar-refractivity contribution is 7.98. The van der Waals surface area contributed by atoms with Gasteiger partial charge in [-0.1, -0.05) is 59.8 Å². The Bertz CT molecular complexity index is 1420. The first-order valence-corrected chi connectivity index (χ1v) is 12.4. The molecular weight excluding hydrogens is 480 g/mol. The van der Waals surface area contributed by atoms with E-state index in [1.54, 1.807) is 17.1 Å². The number of carbonyl (C=O) groups excluding carboxylic acids is 1. The maximum absolute atomic E-state index is 13.6. The van der Waals surface area contributed by atoms with E-state index in [1.165, 1.54) is 11.8 Å². The molecule has 1 aliphatic rings. The number of benzene rings is 2. The van der Waals surface area contributed by atoms with Crippen LogP contribution in [0.25, 0.3) is 0 Å². The molecule has 0 aliphatic carbocycles. The van der Waals surface area contributed by atoms with Gasteiger partial charge in [0.05, 0.1) is 5.57 Å². The number of aromatic nitrogens is 4. The van der Waals surface area contributed by atoms with E-state index < -0.39 is 6.04 Å². The van der Waals surface area contributed by atoms with Gasteiger partial charge in [0, 0.05) is 34.6 Å². The van der Waals surface area contributed by atoms with Crippen LogP contribution in [0.3, 0.4) is 0 Å². The summed E-state index contributed by atoms with van der Waals surface area (Å²) in [5.41, 5.74) is 4.96. The molecule has 0 saturated carbocycles. The van der Waals surface area contributed by atoms with Crippen LogP contribution in [-0.4, -0.2) is 25.7 Å². The van der Waals surface area contributed by atoms with Gasteiger partial charge in [0.2, 0.25) is 11.1 Å². The van der Waals surface area contributed by atoms with Gasteiger partial charge >= 0.3 is 0 Å². The van der Waals surface area contributed by atoms with Crippen molar-refractivity contribution in [2.24, 2.45) is 0 Å². The van der Waals surface area contributed by atoms with Gasteiger partial charge in [-0.05, 0) is 54.8 Å². The largest absolute Gasteiger partial charge is 0.328 e. The summed E-state index contributed by atoms with van der Waals surface area (Å²) in [6.07, 6.45) is 3.43. The van der Waals surface area contributed by atoms with Gasteiger partial charge in [0.15, 0.2) is 0 Å². The van der Waals surface area contributed by atoms with Crippen molar-refractivity contribution in [3.8, 4) is 0 Å². The van der Waals surface area contributed by atoms with Crippen molar-refractivity contribution >= 4 is 40.9 Å². The zero-order valence-electron chi connectivity index (χ0n) is 19.2. The normalized spacial score (nSPS) is 14.9. The number of fused-ring (bicyclic) bond motifs is 1. The molecule has 0 bridgehead atoms. The van der Waals surface area contributed by atoms with E-state index in [2.05, 4.69) is 15.6 Å². The number of carbonyl (C=O) groups is 1. The molecule has 0 unspecified atom stereocenters. The second-order valence-corrected chi connectivity index (χ2v) is 9.51. The highest BCUT2D eigenvalue weighted by atomic mass is 35.5. The van der Waals surface area contributed by atoms with Crippen LogP contribution < -0.4 is 10.6 Å². The van der Waals surface area contributed by atoms with E-state index in [0.29, 0.717) is 27.5 Å². The number of hydrogen-bond acceptors (Lipinski definition) is 6.